The highest BCUT2D eigenvalue weighted by Gasteiger charge is 2.84. The average molecular weight is 263 g/mol. The molecule has 0 bridgehead atoms. The zero-order valence-corrected chi connectivity index (χ0v) is 13.8. The molecule has 6 atom stereocenters. The first kappa shape index (κ1) is 13.9. The fraction of sp³-hybridized carbons (Fsp3) is 1.00. The van der Waals surface area contributed by atoms with Crippen LogP contribution in [0.3, 0.4) is 0 Å². The number of hydrogen-bond donors (Lipinski definition) is 0. The van der Waals surface area contributed by atoms with Crippen molar-refractivity contribution in [3.63, 3.8) is 0 Å². The summed E-state index contributed by atoms with van der Waals surface area (Å²) in [4.78, 5) is 2.81. The molecule has 3 aliphatic rings. The standard InChI is InChI=1S/C18H33N/c1-7-15-8-9-18(14(6)13(15)5)16-17(18)19(16)10-12(4)11(2)3/h11-17H,7-10H2,1-6H3/t12?,13-,14+,15?,16?,17?,18?,19?/m1/s1. The molecule has 1 saturated heterocycles. The first-order valence-corrected chi connectivity index (χ1v) is 8.70. The molecule has 1 heteroatoms. The Balaban J connectivity index is 1.57. The van der Waals surface area contributed by atoms with E-state index in [1.165, 1.54) is 25.8 Å². The van der Waals surface area contributed by atoms with Crippen molar-refractivity contribution in [2.45, 2.75) is 72.9 Å². The van der Waals surface area contributed by atoms with Crippen LogP contribution in [0.5, 0.6) is 0 Å². The molecule has 1 heterocycles. The van der Waals surface area contributed by atoms with Crippen LogP contribution in [0.25, 0.3) is 0 Å². The van der Waals surface area contributed by atoms with Crippen molar-refractivity contribution in [3.05, 3.63) is 0 Å². The molecule has 0 N–H and O–H groups in total. The lowest BCUT2D eigenvalue weighted by atomic mass is 9.63. The van der Waals surface area contributed by atoms with E-state index in [-0.39, 0.29) is 0 Å². The van der Waals surface area contributed by atoms with Gasteiger partial charge in [-0.3, -0.25) is 4.90 Å². The fourth-order valence-electron chi connectivity index (χ4n) is 5.23. The fourth-order valence-corrected chi connectivity index (χ4v) is 5.23. The first-order valence-electron chi connectivity index (χ1n) is 8.70. The second-order valence-corrected chi connectivity index (χ2v) is 8.27. The van der Waals surface area contributed by atoms with Crippen LogP contribution in [0, 0.1) is 35.0 Å². The molecule has 1 nitrogen and oxygen atoms in total. The normalized spacial score (nSPS) is 53.2. The van der Waals surface area contributed by atoms with Crippen LogP contribution in [-0.4, -0.2) is 23.5 Å². The molecule has 3 rings (SSSR count). The van der Waals surface area contributed by atoms with Crippen molar-refractivity contribution in [2.75, 3.05) is 6.54 Å². The molecule has 0 aromatic carbocycles. The van der Waals surface area contributed by atoms with Crippen molar-refractivity contribution in [1.82, 2.24) is 4.90 Å². The minimum atomic E-state index is 0.766. The largest absolute Gasteiger partial charge is 0.293 e. The van der Waals surface area contributed by atoms with Gasteiger partial charge in [0, 0.05) is 24.0 Å². The third kappa shape index (κ3) is 1.83. The van der Waals surface area contributed by atoms with Gasteiger partial charge < -0.3 is 0 Å². The summed E-state index contributed by atoms with van der Waals surface area (Å²) in [7, 11) is 0. The molecule has 2 saturated carbocycles. The van der Waals surface area contributed by atoms with Crippen LogP contribution >= 0.6 is 0 Å². The zero-order valence-electron chi connectivity index (χ0n) is 13.8. The van der Waals surface area contributed by atoms with Gasteiger partial charge in [0.2, 0.25) is 0 Å². The number of rotatable bonds is 4. The molecule has 2 aliphatic carbocycles. The molecular weight excluding hydrogens is 230 g/mol. The minimum Gasteiger partial charge on any atom is -0.293 e. The van der Waals surface area contributed by atoms with Gasteiger partial charge in [0.1, 0.15) is 0 Å². The van der Waals surface area contributed by atoms with Crippen molar-refractivity contribution in [3.8, 4) is 0 Å². The molecule has 4 unspecified atom stereocenters. The van der Waals surface area contributed by atoms with Gasteiger partial charge in [-0.15, -0.1) is 0 Å². The number of fused-ring (bicyclic) bond motifs is 3. The summed E-state index contributed by atoms with van der Waals surface area (Å²) >= 11 is 0. The minimum absolute atomic E-state index is 0.766. The van der Waals surface area contributed by atoms with Crippen LogP contribution < -0.4 is 0 Å². The summed E-state index contributed by atoms with van der Waals surface area (Å²) in [5.74, 6) is 4.62. The Morgan fingerprint density at radius 1 is 1.16 bits per heavy atom. The maximum Gasteiger partial charge on any atom is 0.0336 e. The Morgan fingerprint density at radius 2 is 1.79 bits per heavy atom. The highest BCUT2D eigenvalue weighted by Crippen LogP contribution is 2.76. The van der Waals surface area contributed by atoms with Gasteiger partial charge in [-0.05, 0) is 42.4 Å². The molecule has 110 valence electrons. The third-order valence-corrected chi connectivity index (χ3v) is 7.41. The summed E-state index contributed by atoms with van der Waals surface area (Å²) in [5.41, 5.74) is 0.766. The Kier molecular flexibility index (Phi) is 3.28. The second-order valence-electron chi connectivity index (χ2n) is 8.27. The van der Waals surface area contributed by atoms with Crippen molar-refractivity contribution in [2.24, 2.45) is 35.0 Å². The zero-order chi connectivity index (χ0) is 13.9. The molecule has 1 aliphatic heterocycles. The van der Waals surface area contributed by atoms with E-state index in [4.69, 9.17) is 0 Å². The van der Waals surface area contributed by atoms with E-state index >= 15 is 0 Å². The van der Waals surface area contributed by atoms with Gasteiger partial charge in [-0.2, -0.15) is 0 Å². The molecule has 0 aromatic rings. The van der Waals surface area contributed by atoms with Gasteiger partial charge in [0.25, 0.3) is 0 Å². The van der Waals surface area contributed by atoms with E-state index in [1.54, 1.807) is 0 Å². The predicted octanol–water partition coefficient (Wildman–Crippen LogP) is 4.42. The van der Waals surface area contributed by atoms with Crippen molar-refractivity contribution >= 4 is 0 Å². The second kappa shape index (κ2) is 4.48. The van der Waals surface area contributed by atoms with E-state index in [2.05, 4.69) is 46.4 Å². The molecular formula is C18H33N. The summed E-state index contributed by atoms with van der Waals surface area (Å²) < 4.78 is 0. The molecule has 19 heavy (non-hydrogen) atoms. The van der Waals surface area contributed by atoms with Crippen molar-refractivity contribution in [1.29, 1.82) is 0 Å². The summed E-state index contributed by atoms with van der Waals surface area (Å²) in [6, 6.07) is 1.98. The van der Waals surface area contributed by atoms with Gasteiger partial charge in [-0.25, -0.2) is 0 Å². The number of hydrogen-bond acceptors (Lipinski definition) is 1. The highest BCUT2D eigenvalue weighted by atomic mass is 15.5. The Labute approximate surface area is 120 Å². The lowest BCUT2D eigenvalue weighted by molar-refractivity contribution is 0.0247. The van der Waals surface area contributed by atoms with Gasteiger partial charge >= 0.3 is 0 Å². The Morgan fingerprint density at radius 3 is 2.32 bits per heavy atom. The Bertz CT molecular complexity index is 338. The average Bonchev–Trinajstić information content (AvgIpc) is 3.24. The van der Waals surface area contributed by atoms with E-state index in [0.717, 1.165) is 47.1 Å². The lowest BCUT2D eigenvalue weighted by Gasteiger charge is -2.45. The Hall–Kier alpha value is -0.0400. The number of nitrogens with zero attached hydrogens (tertiary/aromatic N) is 1. The van der Waals surface area contributed by atoms with Crippen LogP contribution in [0.1, 0.15) is 60.8 Å². The van der Waals surface area contributed by atoms with Crippen LogP contribution in [-0.2, 0) is 0 Å². The third-order valence-electron chi connectivity index (χ3n) is 7.41. The molecule has 1 spiro atoms. The van der Waals surface area contributed by atoms with E-state index in [0.29, 0.717) is 0 Å². The van der Waals surface area contributed by atoms with Gasteiger partial charge in [-0.1, -0.05) is 48.0 Å². The van der Waals surface area contributed by atoms with Crippen LogP contribution in [0.15, 0.2) is 0 Å². The molecule has 0 radical (unpaired) electrons. The maximum absolute atomic E-state index is 2.81. The quantitative estimate of drug-likeness (QED) is 0.678. The van der Waals surface area contributed by atoms with E-state index < -0.39 is 0 Å². The van der Waals surface area contributed by atoms with Crippen molar-refractivity contribution < 1.29 is 0 Å². The summed E-state index contributed by atoms with van der Waals surface area (Å²) in [5, 5.41) is 0. The molecule has 3 fully saturated rings. The summed E-state index contributed by atoms with van der Waals surface area (Å²) in [6.45, 7) is 16.0. The lowest BCUT2D eigenvalue weighted by Crippen LogP contribution is -2.44. The number of likely N-dealkylation sites (tertiary alicyclic amines) is 1. The monoisotopic (exact) mass is 263 g/mol. The van der Waals surface area contributed by atoms with Gasteiger partial charge in [0.05, 0.1) is 0 Å². The maximum atomic E-state index is 2.81. The SMILES string of the molecule is CCC1CCC2(C3C2N3CC(C)C(C)C)[C@@H](C)[C@H]1C. The smallest absolute Gasteiger partial charge is 0.0336 e. The topological polar surface area (TPSA) is 3.01 Å². The van der Waals surface area contributed by atoms with Gasteiger partial charge in [0.15, 0.2) is 0 Å². The van der Waals surface area contributed by atoms with Crippen LogP contribution in [0.2, 0.25) is 0 Å². The van der Waals surface area contributed by atoms with Crippen LogP contribution in [0.4, 0.5) is 0 Å². The van der Waals surface area contributed by atoms with E-state index in [1.807, 2.05) is 0 Å². The highest BCUT2D eigenvalue weighted by molar-refractivity contribution is 5.38. The molecule has 0 aromatic heterocycles. The summed E-state index contributed by atoms with van der Waals surface area (Å²) in [6.07, 6.45) is 4.42. The van der Waals surface area contributed by atoms with E-state index in [9.17, 15) is 0 Å². The predicted molar refractivity (Wildman–Crippen MR) is 82.1 cm³/mol. The first-order chi connectivity index (χ1) is 8.95. The molecule has 0 amide bonds.